The van der Waals surface area contributed by atoms with Crippen LogP contribution in [0.3, 0.4) is 0 Å². The van der Waals surface area contributed by atoms with Gasteiger partial charge >= 0.3 is 11.9 Å². The number of carboxylic acid groups (broad SMARTS) is 1. The van der Waals surface area contributed by atoms with Crippen molar-refractivity contribution in [3.05, 3.63) is 46.0 Å². The van der Waals surface area contributed by atoms with Gasteiger partial charge in [0, 0.05) is 10.6 Å². The molecule has 0 aliphatic heterocycles. The maximum absolute atomic E-state index is 11.7. The van der Waals surface area contributed by atoms with E-state index in [1.165, 1.54) is 30.2 Å². The molecule has 0 spiro atoms. The Hall–Kier alpha value is -1.86. The molecule has 0 aliphatic carbocycles. The molecule has 0 saturated heterocycles. The molecule has 0 radical (unpaired) electrons. The summed E-state index contributed by atoms with van der Waals surface area (Å²) in [6.07, 6.45) is -0.0111. The van der Waals surface area contributed by atoms with E-state index in [4.69, 9.17) is 9.84 Å². The van der Waals surface area contributed by atoms with Crippen molar-refractivity contribution in [2.75, 3.05) is 7.11 Å². The maximum Gasteiger partial charge on any atom is 0.338 e. The fourth-order valence-corrected chi connectivity index (χ4v) is 4.09. The number of hydrogen-bond donors (Lipinski definition) is 1. The van der Waals surface area contributed by atoms with Crippen LogP contribution >= 0.6 is 23.1 Å². The third-order valence-corrected chi connectivity index (χ3v) is 5.31. The Bertz CT molecular complexity index is 697. The summed E-state index contributed by atoms with van der Waals surface area (Å²) in [7, 11) is 1.36. The summed E-state index contributed by atoms with van der Waals surface area (Å²) < 4.78 is 5.57. The molecular weight excluding hydrogens is 322 g/mol. The van der Waals surface area contributed by atoms with Crippen molar-refractivity contribution < 1.29 is 19.4 Å². The second-order valence-electron chi connectivity index (χ2n) is 4.50. The Labute approximate surface area is 136 Å². The standard InChI is InChI=1S/C15H15NO4S2/c1-9-12(7-13(17)18)22-15(16-9)21-8-10-5-3-4-6-11(10)14(19)20-2/h3-6H,7-8H2,1-2H3,(H,17,18). The molecule has 0 aliphatic rings. The summed E-state index contributed by atoms with van der Waals surface area (Å²) in [6.45, 7) is 1.81. The fourth-order valence-electron chi connectivity index (χ4n) is 1.86. The number of hydrogen-bond acceptors (Lipinski definition) is 6. The molecular formula is C15H15NO4S2. The fraction of sp³-hybridized carbons (Fsp3) is 0.267. The van der Waals surface area contributed by atoms with Gasteiger partial charge in [0.2, 0.25) is 0 Å². The molecule has 5 nitrogen and oxygen atoms in total. The number of benzene rings is 1. The molecule has 0 amide bonds. The van der Waals surface area contributed by atoms with Crippen LogP contribution in [0.25, 0.3) is 0 Å². The molecule has 116 valence electrons. The molecule has 0 saturated carbocycles. The average molecular weight is 337 g/mol. The number of aryl methyl sites for hydroxylation is 1. The van der Waals surface area contributed by atoms with Crippen molar-refractivity contribution in [1.29, 1.82) is 0 Å². The monoisotopic (exact) mass is 337 g/mol. The van der Waals surface area contributed by atoms with Crippen LogP contribution < -0.4 is 0 Å². The van der Waals surface area contributed by atoms with Gasteiger partial charge < -0.3 is 9.84 Å². The Morgan fingerprint density at radius 2 is 2.09 bits per heavy atom. The molecule has 2 aromatic rings. The van der Waals surface area contributed by atoms with Crippen LogP contribution in [0.1, 0.15) is 26.5 Å². The van der Waals surface area contributed by atoms with Crippen LogP contribution in [0.15, 0.2) is 28.6 Å². The summed E-state index contributed by atoms with van der Waals surface area (Å²) in [6, 6.07) is 7.26. The van der Waals surface area contributed by atoms with E-state index in [9.17, 15) is 9.59 Å². The van der Waals surface area contributed by atoms with E-state index in [1.807, 2.05) is 12.1 Å². The quantitative estimate of drug-likeness (QED) is 0.644. The summed E-state index contributed by atoms with van der Waals surface area (Å²) in [4.78, 5) is 27.6. The summed E-state index contributed by atoms with van der Waals surface area (Å²) in [5.41, 5.74) is 2.15. The summed E-state index contributed by atoms with van der Waals surface area (Å²) >= 11 is 2.87. The zero-order valence-electron chi connectivity index (χ0n) is 12.2. The first-order chi connectivity index (χ1) is 10.5. The van der Waals surface area contributed by atoms with Gasteiger partial charge in [0.05, 0.1) is 24.8 Å². The van der Waals surface area contributed by atoms with Crippen molar-refractivity contribution in [1.82, 2.24) is 4.98 Å². The highest BCUT2D eigenvalue weighted by Gasteiger charge is 2.14. The number of nitrogens with zero attached hydrogens (tertiary/aromatic N) is 1. The molecule has 1 N–H and O–H groups in total. The molecule has 1 heterocycles. The second kappa shape index (κ2) is 7.42. The average Bonchev–Trinajstić information content (AvgIpc) is 2.84. The first-order valence-electron chi connectivity index (χ1n) is 6.48. The molecule has 1 aromatic carbocycles. The Kier molecular flexibility index (Phi) is 5.57. The predicted octanol–water partition coefficient (Wildman–Crippen LogP) is 3.16. The van der Waals surface area contributed by atoms with E-state index in [-0.39, 0.29) is 12.4 Å². The minimum Gasteiger partial charge on any atom is -0.481 e. The van der Waals surface area contributed by atoms with E-state index < -0.39 is 5.97 Å². The zero-order chi connectivity index (χ0) is 16.1. The summed E-state index contributed by atoms with van der Waals surface area (Å²) in [5.74, 6) is -0.650. The number of ether oxygens (including phenoxy) is 1. The number of esters is 1. The lowest BCUT2D eigenvalue weighted by Crippen LogP contribution is -2.04. The summed E-state index contributed by atoms with van der Waals surface area (Å²) in [5, 5.41) is 8.85. The lowest BCUT2D eigenvalue weighted by molar-refractivity contribution is -0.136. The minimum absolute atomic E-state index is 0.0111. The molecule has 1 aromatic heterocycles. The third kappa shape index (κ3) is 4.08. The Morgan fingerprint density at radius 1 is 1.36 bits per heavy atom. The van der Waals surface area contributed by atoms with Crippen molar-refractivity contribution in [3.8, 4) is 0 Å². The smallest absolute Gasteiger partial charge is 0.338 e. The zero-order valence-corrected chi connectivity index (χ0v) is 13.8. The largest absolute Gasteiger partial charge is 0.481 e. The van der Waals surface area contributed by atoms with Crippen molar-refractivity contribution in [3.63, 3.8) is 0 Å². The number of carboxylic acids is 1. The lowest BCUT2D eigenvalue weighted by atomic mass is 10.1. The van der Waals surface area contributed by atoms with E-state index in [0.717, 1.165) is 20.5 Å². The van der Waals surface area contributed by atoms with Crippen LogP contribution in [0.2, 0.25) is 0 Å². The lowest BCUT2D eigenvalue weighted by Gasteiger charge is -2.06. The van der Waals surface area contributed by atoms with Crippen LogP contribution in [0, 0.1) is 6.92 Å². The van der Waals surface area contributed by atoms with Crippen LogP contribution in [0.4, 0.5) is 0 Å². The maximum atomic E-state index is 11.7. The minimum atomic E-state index is -0.862. The number of aliphatic carboxylic acids is 1. The van der Waals surface area contributed by atoms with Crippen molar-refractivity contribution >= 4 is 35.0 Å². The molecule has 2 rings (SSSR count). The molecule has 0 bridgehead atoms. The van der Waals surface area contributed by atoms with E-state index in [2.05, 4.69) is 4.98 Å². The van der Waals surface area contributed by atoms with Gasteiger partial charge in [-0.2, -0.15) is 0 Å². The SMILES string of the molecule is COC(=O)c1ccccc1CSc1nc(C)c(CC(=O)O)s1. The highest BCUT2D eigenvalue weighted by Crippen LogP contribution is 2.30. The number of thiazole rings is 1. The van der Waals surface area contributed by atoms with Gasteiger partial charge in [0.1, 0.15) is 0 Å². The molecule has 7 heteroatoms. The van der Waals surface area contributed by atoms with E-state index in [0.29, 0.717) is 11.3 Å². The van der Waals surface area contributed by atoms with Gasteiger partial charge in [0.15, 0.2) is 4.34 Å². The predicted molar refractivity (Wildman–Crippen MR) is 85.5 cm³/mol. The first kappa shape index (κ1) is 16.5. The number of carbonyl (C=O) groups is 2. The van der Waals surface area contributed by atoms with Gasteiger partial charge in [-0.25, -0.2) is 9.78 Å². The molecule has 0 unspecified atom stereocenters. The Morgan fingerprint density at radius 3 is 2.77 bits per heavy atom. The van der Waals surface area contributed by atoms with Gasteiger partial charge in [-0.1, -0.05) is 30.0 Å². The molecule has 0 fully saturated rings. The van der Waals surface area contributed by atoms with Gasteiger partial charge in [-0.05, 0) is 18.6 Å². The van der Waals surface area contributed by atoms with E-state index >= 15 is 0 Å². The normalized spacial score (nSPS) is 10.5. The highest BCUT2D eigenvalue weighted by atomic mass is 32.2. The van der Waals surface area contributed by atoms with Crippen LogP contribution in [0.5, 0.6) is 0 Å². The second-order valence-corrected chi connectivity index (χ2v) is 6.80. The third-order valence-electron chi connectivity index (χ3n) is 2.96. The van der Waals surface area contributed by atoms with Gasteiger partial charge in [-0.15, -0.1) is 11.3 Å². The molecule has 22 heavy (non-hydrogen) atoms. The van der Waals surface area contributed by atoms with Crippen molar-refractivity contribution in [2.24, 2.45) is 0 Å². The van der Waals surface area contributed by atoms with E-state index in [1.54, 1.807) is 19.1 Å². The number of methoxy groups -OCH3 is 1. The number of thioether (sulfide) groups is 1. The molecule has 0 atom stereocenters. The number of carbonyl (C=O) groups excluding carboxylic acids is 1. The van der Waals surface area contributed by atoms with Crippen molar-refractivity contribution in [2.45, 2.75) is 23.4 Å². The van der Waals surface area contributed by atoms with Crippen LogP contribution in [-0.4, -0.2) is 29.1 Å². The highest BCUT2D eigenvalue weighted by molar-refractivity contribution is 8.00. The number of rotatable bonds is 6. The Balaban J connectivity index is 2.11. The van der Waals surface area contributed by atoms with Crippen LogP contribution in [-0.2, 0) is 21.7 Å². The van der Waals surface area contributed by atoms with Gasteiger partial charge in [0.25, 0.3) is 0 Å². The topological polar surface area (TPSA) is 76.5 Å². The first-order valence-corrected chi connectivity index (χ1v) is 8.28. The van der Waals surface area contributed by atoms with Gasteiger partial charge in [-0.3, -0.25) is 4.79 Å². The number of aromatic nitrogens is 1.